The topological polar surface area (TPSA) is 37.4 Å². The Morgan fingerprint density at radius 1 is 0.920 bits per heavy atom. The van der Waals surface area contributed by atoms with Crippen molar-refractivity contribution in [2.45, 2.75) is 96.2 Å². The summed E-state index contributed by atoms with van der Waals surface area (Å²) in [6.07, 6.45) is 5.25. The summed E-state index contributed by atoms with van der Waals surface area (Å²) in [5.41, 5.74) is 1.66. The fourth-order valence-electron chi connectivity index (χ4n) is 4.46. The van der Waals surface area contributed by atoms with Crippen LogP contribution in [0.3, 0.4) is 0 Å². The maximum Gasteiger partial charge on any atom is 3.00 e. The average Bonchev–Trinajstić information content (AvgIpc) is 3.07. The molecule has 1 heterocycles. The third-order valence-electron chi connectivity index (χ3n) is 5.58. The summed E-state index contributed by atoms with van der Waals surface area (Å²) >= 11 is 0. The Morgan fingerprint density at radius 3 is 1.68 bits per heavy atom. The van der Waals surface area contributed by atoms with E-state index in [1.807, 2.05) is 7.05 Å². The minimum Gasteiger partial charge on any atom is -0.669 e. The Labute approximate surface area is 170 Å². The zero-order valence-electron chi connectivity index (χ0n) is 18.1. The van der Waals surface area contributed by atoms with E-state index in [0.717, 1.165) is 24.3 Å². The molecule has 3 nitrogen and oxygen atoms in total. The molecule has 0 aromatic heterocycles. The van der Waals surface area contributed by atoms with Crippen LogP contribution in [0, 0.1) is 5.92 Å². The van der Waals surface area contributed by atoms with Crippen molar-refractivity contribution in [3.8, 4) is 0 Å². The second-order valence-corrected chi connectivity index (χ2v) is 18.2. The van der Waals surface area contributed by atoms with E-state index in [0.29, 0.717) is 0 Å². The summed E-state index contributed by atoms with van der Waals surface area (Å²) in [4.78, 5) is 9.97. The zero-order valence-corrected chi connectivity index (χ0v) is 21.4. The molecule has 6 heteroatoms. The molecular formula is C19H41CrN2OSi2. The molecule has 0 bridgehead atoms. The standard InChI is InChI=1S/C15H33N2Si2.C4H8O.Cr/c1-12-13(18(6,7)16-5)10-11-14(12)19(8,9)17-15(2,3)4;1-2-4-5-3-1;/h13-14H,10-11H2,1-9H3;1-4H2;/q-3;;+3. The summed E-state index contributed by atoms with van der Waals surface area (Å²) in [5.74, 6) is 1.73. The fraction of sp³-hybridized carbons (Fsp3) is 0.947. The van der Waals surface area contributed by atoms with Gasteiger partial charge in [0.15, 0.2) is 0 Å². The molecule has 2 atom stereocenters. The fourth-order valence-corrected chi connectivity index (χ4v) is 11.2. The van der Waals surface area contributed by atoms with Gasteiger partial charge in [0.05, 0.1) is 0 Å². The van der Waals surface area contributed by atoms with Gasteiger partial charge < -0.3 is 20.6 Å². The molecule has 2 rings (SSSR count). The maximum absolute atomic E-state index is 5.22. The van der Waals surface area contributed by atoms with Crippen molar-refractivity contribution in [3.63, 3.8) is 0 Å². The van der Waals surface area contributed by atoms with Gasteiger partial charge in [-0.2, -0.15) is 25.1 Å². The minimum atomic E-state index is -1.53. The number of hydrogen-bond donors (Lipinski definition) is 0. The van der Waals surface area contributed by atoms with Gasteiger partial charge in [-0.05, 0) is 12.8 Å². The van der Waals surface area contributed by atoms with Crippen LogP contribution < -0.4 is 0 Å². The van der Waals surface area contributed by atoms with Crippen LogP contribution in [0.4, 0.5) is 0 Å². The summed E-state index contributed by atoms with van der Waals surface area (Å²) in [6, 6.07) is 0. The van der Waals surface area contributed by atoms with Gasteiger partial charge in [-0.25, -0.2) is 0 Å². The second-order valence-electron chi connectivity index (χ2n) is 9.56. The molecule has 1 saturated heterocycles. The SMILES string of the molecule is C1CCOC1.C[N-][Si](C)(C)C1CCC([Si](C)(C)[N-]C(C)(C)C)[C-]1C.[Cr+3]. The predicted octanol–water partition coefficient (Wildman–Crippen LogP) is 6.50. The molecule has 2 aliphatic rings. The van der Waals surface area contributed by atoms with E-state index >= 15 is 0 Å². The first-order chi connectivity index (χ1) is 10.9. The normalized spacial score (nSPS) is 25.3. The number of rotatable bonds is 4. The molecular weight excluding hydrogens is 380 g/mol. The minimum absolute atomic E-state index is 0. The van der Waals surface area contributed by atoms with Crippen LogP contribution in [0.15, 0.2) is 0 Å². The first-order valence-corrected chi connectivity index (χ1v) is 15.7. The van der Waals surface area contributed by atoms with Crippen LogP contribution in [-0.2, 0) is 22.1 Å². The second kappa shape index (κ2) is 10.4. The molecule has 25 heavy (non-hydrogen) atoms. The zero-order chi connectivity index (χ0) is 18.6. The summed E-state index contributed by atoms with van der Waals surface area (Å²) in [5, 5.41) is 0. The molecule has 2 unspecified atom stereocenters. The van der Waals surface area contributed by atoms with E-state index in [4.69, 9.17) is 14.7 Å². The molecule has 0 spiro atoms. The van der Waals surface area contributed by atoms with Crippen molar-refractivity contribution in [2.75, 3.05) is 20.3 Å². The Kier molecular flexibility index (Phi) is 10.8. The largest absolute Gasteiger partial charge is 3.00 e. The van der Waals surface area contributed by atoms with E-state index in [9.17, 15) is 0 Å². The molecule has 0 N–H and O–H groups in total. The smallest absolute Gasteiger partial charge is 0.669 e. The van der Waals surface area contributed by atoms with Gasteiger partial charge in [-0.1, -0.05) is 76.3 Å². The van der Waals surface area contributed by atoms with Crippen LogP contribution >= 0.6 is 0 Å². The van der Waals surface area contributed by atoms with Gasteiger partial charge >= 0.3 is 17.4 Å². The van der Waals surface area contributed by atoms with Crippen LogP contribution in [0.25, 0.3) is 9.96 Å². The Hall–Kier alpha value is 0.846. The van der Waals surface area contributed by atoms with Crippen molar-refractivity contribution < 1.29 is 22.1 Å². The molecule has 1 aliphatic heterocycles. The van der Waals surface area contributed by atoms with E-state index in [1.54, 1.807) is 5.92 Å². The quantitative estimate of drug-likeness (QED) is 0.377. The van der Waals surface area contributed by atoms with E-state index in [2.05, 4.69) is 53.9 Å². The monoisotopic (exact) mass is 421 g/mol. The first-order valence-electron chi connectivity index (χ1n) is 9.67. The maximum atomic E-state index is 5.22. The number of ether oxygens (including phenoxy) is 1. The summed E-state index contributed by atoms with van der Waals surface area (Å²) < 4.78 is 4.94. The van der Waals surface area contributed by atoms with E-state index < -0.39 is 16.5 Å². The third kappa shape index (κ3) is 8.17. The van der Waals surface area contributed by atoms with Crippen LogP contribution in [0.5, 0.6) is 0 Å². The Bertz CT molecular complexity index is 375. The molecule has 1 aliphatic carbocycles. The van der Waals surface area contributed by atoms with Gasteiger partial charge in [-0.15, -0.1) is 5.54 Å². The van der Waals surface area contributed by atoms with Crippen molar-refractivity contribution in [3.05, 3.63) is 15.9 Å². The number of nitrogens with zero attached hydrogens (tertiary/aromatic N) is 2. The molecule has 1 saturated carbocycles. The molecule has 1 radical (unpaired) electrons. The van der Waals surface area contributed by atoms with Crippen molar-refractivity contribution >= 4 is 16.5 Å². The van der Waals surface area contributed by atoms with E-state index in [1.165, 1.54) is 25.7 Å². The Balaban J connectivity index is 0.000000820. The van der Waals surface area contributed by atoms with Gasteiger partial charge in [0.2, 0.25) is 0 Å². The first kappa shape index (κ1) is 25.8. The van der Waals surface area contributed by atoms with Gasteiger partial charge in [0, 0.05) is 13.2 Å². The van der Waals surface area contributed by atoms with Crippen molar-refractivity contribution in [1.29, 1.82) is 0 Å². The molecule has 147 valence electrons. The molecule has 0 amide bonds. The molecule has 0 aromatic rings. The van der Waals surface area contributed by atoms with Crippen LogP contribution in [-0.4, -0.2) is 42.3 Å². The van der Waals surface area contributed by atoms with E-state index in [-0.39, 0.29) is 22.9 Å². The predicted molar refractivity (Wildman–Crippen MR) is 113 cm³/mol. The van der Waals surface area contributed by atoms with Gasteiger partial charge in [0.1, 0.15) is 0 Å². The summed E-state index contributed by atoms with van der Waals surface area (Å²) in [7, 11) is -0.929. The molecule has 2 fully saturated rings. The summed E-state index contributed by atoms with van der Waals surface area (Å²) in [6.45, 7) is 20.9. The van der Waals surface area contributed by atoms with Crippen molar-refractivity contribution in [2.24, 2.45) is 0 Å². The van der Waals surface area contributed by atoms with Crippen LogP contribution in [0.1, 0.15) is 53.4 Å². The number of hydrogen-bond acceptors (Lipinski definition) is 1. The average molecular weight is 422 g/mol. The molecule has 0 aromatic carbocycles. The van der Waals surface area contributed by atoms with Crippen LogP contribution in [0.2, 0.25) is 37.3 Å². The van der Waals surface area contributed by atoms with Crippen molar-refractivity contribution in [1.82, 2.24) is 0 Å². The third-order valence-corrected chi connectivity index (χ3v) is 12.9. The van der Waals surface area contributed by atoms with Gasteiger partial charge in [0.25, 0.3) is 0 Å². The Morgan fingerprint density at radius 2 is 1.36 bits per heavy atom. The van der Waals surface area contributed by atoms with Gasteiger partial charge in [-0.3, -0.25) is 0 Å².